The SMILES string of the molecule is CC(C)(O)C(F)CNC(=O)c1cnc(-c2ccc3cc(C#N)cnn23)cc1Nc1cnc2c(c1)CC(=O)N2. The lowest BCUT2D eigenvalue weighted by molar-refractivity contribution is -0.115. The Morgan fingerprint density at radius 2 is 2.08 bits per heavy atom. The van der Waals surface area contributed by atoms with Crippen molar-refractivity contribution in [1.82, 2.24) is 24.9 Å². The molecule has 0 radical (unpaired) electrons. The highest BCUT2D eigenvalue weighted by atomic mass is 19.1. The number of hydrogen-bond donors (Lipinski definition) is 4. The zero-order valence-electron chi connectivity index (χ0n) is 20.5. The number of nitrogens with zero attached hydrogens (tertiary/aromatic N) is 5. The second kappa shape index (κ2) is 9.53. The number of nitrogens with one attached hydrogen (secondary N) is 3. The van der Waals surface area contributed by atoms with E-state index in [1.165, 1.54) is 32.4 Å². The van der Waals surface area contributed by atoms with Crippen LogP contribution in [0.1, 0.15) is 35.3 Å². The molecular weight excluding hydrogens is 491 g/mol. The van der Waals surface area contributed by atoms with Crippen molar-refractivity contribution < 1.29 is 19.1 Å². The second-order valence-corrected chi connectivity index (χ2v) is 9.44. The number of nitriles is 1. The number of fused-ring (bicyclic) bond motifs is 2. The topological polar surface area (TPSA) is 157 Å². The third kappa shape index (κ3) is 4.87. The highest BCUT2D eigenvalue weighted by molar-refractivity contribution is 6.01. The van der Waals surface area contributed by atoms with Gasteiger partial charge in [-0.2, -0.15) is 10.4 Å². The molecule has 192 valence electrons. The van der Waals surface area contributed by atoms with Crippen LogP contribution in [0.2, 0.25) is 0 Å². The first-order valence-corrected chi connectivity index (χ1v) is 11.7. The molecule has 4 aromatic heterocycles. The molecule has 4 N–H and O–H groups in total. The van der Waals surface area contributed by atoms with Gasteiger partial charge in [0.15, 0.2) is 0 Å². The van der Waals surface area contributed by atoms with Crippen LogP contribution in [0.4, 0.5) is 21.6 Å². The van der Waals surface area contributed by atoms with Crippen LogP contribution in [0.5, 0.6) is 0 Å². The largest absolute Gasteiger partial charge is 0.387 e. The fourth-order valence-electron chi connectivity index (χ4n) is 3.99. The van der Waals surface area contributed by atoms with E-state index in [1.807, 2.05) is 0 Å². The molecule has 11 nitrogen and oxygen atoms in total. The quantitative estimate of drug-likeness (QED) is 0.293. The number of aromatic nitrogens is 4. The van der Waals surface area contributed by atoms with E-state index < -0.39 is 24.2 Å². The number of hydrogen-bond acceptors (Lipinski definition) is 8. The van der Waals surface area contributed by atoms with Gasteiger partial charge in [0.1, 0.15) is 18.1 Å². The average Bonchev–Trinajstić information content (AvgIpc) is 3.48. The molecule has 5 heterocycles. The minimum Gasteiger partial charge on any atom is -0.387 e. The fraction of sp³-hybridized carbons (Fsp3) is 0.231. The molecule has 38 heavy (non-hydrogen) atoms. The highest BCUT2D eigenvalue weighted by Gasteiger charge is 2.27. The second-order valence-electron chi connectivity index (χ2n) is 9.44. The Balaban J connectivity index is 1.51. The van der Waals surface area contributed by atoms with Gasteiger partial charge in [0.2, 0.25) is 5.91 Å². The molecule has 0 aromatic carbocycles. The van der Waals surface area contributed by atoms with Crippen LogP contribution in [0, 0.1) is 11.3 Å². The van der Waals surface area contributed by atoms with Crippen LogP contribution in [0.25, 0.3) is 16.9 Å². The zero-order valence-corrected chi connectivity index (χ0v) is 20.5. The molecule has 4 aromatic rings. The van der Waals surface area contributed by atoms with E-state index in [4.69, 9.17) is 5.26 Å². The monoisotopic (exact) mass is 514 g/mol. The molecule has 1 aliphatic rings. The predicted octanol–water partition coefficient (Wildman–Crippen LogP) is 2.74. The van der Waals surface area contributed by atoms with Crippen LogP contribution in [-0.4, -0.2) is 54.8 Å². The van der Waals surface area contributed by atoms with E-state index in [0.29, 0.717) is 45.2 Å². The Morgan fingerprint density at radius 1 is 1.26 bits per heavy atom. The number of carbonyl (C=O) groups is 2. The Hall–Kier alpha value is -4.89. The number of rotatable bonds is 7. The van der Waals surface area contributed by atoms with Gasteiger partial charge < -0.3 is 21.1 Å². The molecule has 0 aliphatic carbocycles. The number of anilines is 3. The highest BCUT2D eigenvalue weighted by Crippen LogP contribution is 2.30. The summed E-state index contributed by atoms with van der Waals surface area (Å²) in [5, 5.41) is 31.7. The molecule has 0 saturated heterocycles. The van der Waals surface area contributed by atoms with Gasteiger partial charge in [-0.15, -0.1) is 0 Å². The summed E-state index contributed by atoms with van der Waals surface area (Å²) in [6.45, 7) is 2.25. The van der Waals surface area contributed by atoms with Crippen molar-refractivity contribution in [2.75, 3.05) is 17.2 Å². The minimum atomic E-state index is -1.68. The number of aliphatic hydroxyl groups is 1. The molecule has 2 amide bonds. The van der Waals surface area contributed by atoms with Crippen molar-refractivity contribution in [3.8, 4) is 17.5 Å². The van der Waals surface area contributed by atoms with Gasteiger partial charge in [0.05, 0.1) is 70.4 Å². The first-order chi connectivity index (χ1) is 18.1. The van der Waals surface area contributed by atoms with Crippen molar-refractivity contribution in [2.24, 2.45) is 0 Å². The van der Waals surface area contributed by atoms with E-state index >= 15 is 0 Å². The van der Waals surface area contributed by atoms with Gasteiger partial charge in [-0.1, -0.05) is 0 Å². The number of carbonyl (C=O) groups excluding carboxylic acids is 2. The Bertz CT molecular complexity index is 1620. The molecule has 5 rings (SSSR count). The number of amides is 2. The Labute approximate surface area is 216 Å². The van der Waals surface area contributed by atoms with Crippen LogP contribution in [0.3, 0.4) is 0 Å². The van der Waals surface area contributed by atoms with Gasteiger partial charge >= 0.3 is 0 Å². The maximum atomic E-state index is 14.3. The summed E-state index contributed by atoms with van der Waals surface area (Å²) < 4.78 is 15.9. The predicted molar refractivity (Wildman–Crippen MR) is 137 cm³/mol. The van der Waals surface area contributed by atoms with Gasteiger partial charge in [0.25, 0.3) is 5.91 Å². The van der Waals surface area contributed by atoms with Crippen LogP contribution in [0.15, 0.2) is 48.9 Å². The maximum absolute atomic E-state index is 14.3. The lowest BCUT2D eigenvalue weighted by Gasteiger charge is -2.22. The number of alkyl halides is 1. The van der Waals surface area contributed by atoms with Crippen molar-refractivity contribution in [2.45, 2.75) is 32.0 Å². The van der Waals surface area contributed by atoms with E-state index in [0.717, 1.165) is 0 Å². The smallest absolute Gasteiger partial charge is 0.255 e. The molecule has 1 unspecified atom stereocenters. The molecule has 0 fully saturated rings. The van der Waals surface area contributed by atoms with E-state index in [9.17, 15) is 19.1 Å². The summed E-state index contributed by atoms with van der Waals surface area (Å²) in [5.41, 5.74) is 2.31. The molecule has 0 bridgehead atoms. The zero-order chi connectivity index (χ0) is 27.0. The maximum Gasteiger partial charge on any atom is 0.255 e. The van der Waals surface area contributed by atoms with Crippen molar-refractivity contribution in [3.05, 3.63) is 65.6 Å². The van der Waals surface area contributed by atoms with Crippen molar-refractivity contribution in [3.63, 3.8) is 0 Å². The molecular formula is C26H23FN8O3. The van der Waals surface area contributed by atoms with Crippen molar-refractivity contribution >= 4 is 34.5 Å². The van der Waals surface area contributed by atoms with Crippen molar-refractivity contribution in [1.29, 1.82) is 5.26 Å². The molecule has 1 atom stereocenters. The molecule has 12 heteroatoms. The van der Waals surface area contributed by atoms with Gasteiger partial charge in [0, 0.05) is 11.8 Å². The standard InChI is InChI=1S/C26H23FN8O3/c1-26(2,38)22(27)13-31-25(37)18-12-29-20(21-4-3-17-5-14(9-28)10-32-35(17)21)8-19(18)33-16-6-15-7-23(36)34-24(15)30-11-16/h3-6,8,10-12,22,38H,7,13H2,1-2H3,(H,29,33)(H,31,37)(H,30,34,36). The normalized spacial score (nSPS) is 13.5. The lowest BCUT2D eigenvalue weighted by Crippen LogP contribution is -2.42. The van der Waals surface area contributed by atoms with Gasteiger partial charge in [-0.3, -0.25) is 14.6 Å². The summed E-state index contributed by atoms with van der Waals surface area (Å²) in [4.78, 5) is 33.5. The number of pyridine rings is 2. The van der Waals surface area contributed by atoms with Gasteiger partial charge in [-0.25, -0.2) is 13.9 Å². The number of halogens is 1. The minimum absolute atomic E-state index is 0.131. The first-order valence-electron chi connectivity index (χ1n) is 11.7. The lowest BCUT2D eigenvalue weighted by atomic mass is 10.0. The third-order valence-corrected chi connectivity index (χ3v) is 6.10. The van der Waals surface area contributed by atoms with E-state index in [-0.39, 0.29) is 17.9 Å². The van der Waals surface area contributed by atoms with E-state index in [2.05, 4.69) is 37.1 Å². The Kier molecular flexibility index (Phi) is 6.22. The average molecular weight is 515 g/mol. The summed E-state index contributed by atoms with van der Waals surface area (Å²) in [7, 11) is 0. The first kappa shape index (κ1) is 24.8. The summed E-state index contributed by atoms with van der Waals surface area (Å²) >= 11 is 0. The van der Waals surface area contributed by atoms with Crippen LogP contribution >= 0.6 is 0 Å². The van der Waals surface area contributed by atoms with Crippen LogP contribution in [-0.2, 0) is 11.2 Å². The van der Waals surface area contributed by atoms with Crippen LogP contribution < -0.4 is 16.0 Å². The van der Waals surface area contributed by atoms with E-state index in [1.54, 1.807) is 34.8 Å². The van der Waals surface area contributed by atoms with Gasteiger partial charge in [-0.05, 0) is 44.2 Å². The molecule has 1 aliphatic heterocycles. The Morgan fingerprint density at radius 3 is 2.84 bits per heavy atom. The summed E-state index contributed by atoms with van der Waals surface area (Å²) in [5.74, 6) is -0.270. The third-order valence-electron chi connectivity index (χ3n) is 6.10. The summed E-state index contributed by atoms with van der Waals surface area (Å²) in [6, 6.07) is 10.7. The molecule has 0 saturated carbocycles. The fourth-order valence-corrected chi connectivity index (χ4v) is 3.99. The summed E-state index contributed by atoms with van der Waals surface area (Å²) in [6.07, 6.45) is 2.83. The molecule has 0 spiro atoms.